The third-order valence-electron chi connectivity index (χ3n) is 3.26. The number of hydrogen-bond donors (Lipinski definition) is 1. The zero-order chi connectivity index (χ0) is 15.0. The number of carbonyl (C=O) groups is 1. The quantitative estimate of drug-likeness (QED) is 0.782. The number of rotatable bonds is 2. The number of hydrogen-bond acceptors (Lipinski definition) is 2. The van der Waals surface area contributed by atoms with Gasteiger partial charge in [0.2, 0.25) is 0 Å². The molecule has 0 unspecified atom stereocenters. The normalized spacial score (nSPS) is 10.5. The number of carboxylic acid groups (broad SMARTS) is 1. The van der Waals surface area contributed by atoms with E-state index in [-0.39, 0.29) is 11.3 Å². The molecule has 0 fully saturated rings. The van der Waals surface area contributed by atoms with Crippen molar-refractivity contribution in [3.8, 4) is 11.8 Å². The number of fused-ring (bicyclic) bond motifs is 1. The first-order chi connectivity index (χ1) is 10.1. The summed E-state index contributed by atoms with van der Waals surface area (Å²) in [5.74, 6) is -1.70. The summed E-state index contributed by atoms with van der Waals surface area (Å²) in [4.78, 5) is 11.6. The number of halogens is 1. The highest BCUT2D eigenvalue weighted by Crippen LogP contribution is 2.29. The maximum atomic E-state index is 13.4. The van der Waals surface area contributed by atoms with Gasteiger partial charge in [-0.3, -0.25) is 0 Å². The average Bonchev–Trinajstić information content (AvgIpc) is 2.81. The van der Waals surface area contributed by atoms with Gasteiger partial charge in [0, 0.05) is 11.1 Å². The van der Waals surface area contributed by atoms with Crippen molar-refractivity contribution in [3.63, 3.8) is 0 Å². The number of para-hydroxylation sites is 1. The topological polar surface area (TPSA) is 66.0 Å². The lowest BCUT2D eigenvalue weighted by Gasteiger charge is -2.08. The van der Waals surface area contributed by atoms with Gasteiger partial charge >= 0.3 is 5.97 Å². The third-order valence-corrected chi connectivity index (χ3v) is 3.26. The molecular weight excluding hydrogens is 271 g/mol. The fourth-order valence-electron chi connectivity index (χ4n) is 2.44. The maximum Gasteiger partial charge on any atom is 0.354 e. The van der Waals surface area contributed by atoms with Crippen molar-refractivity contribution in [1.82, 2.24) is 4.57 Å². The SMILES string of the molecule is N#Cc1c(C(=O)O)n(-c2cccc(F)c2)c2ccccc12. The summed E-state index contributed by atoms with van der Waals surface area (Å²) in [5, 5.41) is 19.3. The van der Waals surface area contributed by atoms with Crippen LogP contribution in [-0.4, -0.2) is 15.6 Å². The Hall–Kier alpha value is -3.13. The van der Waals surface area contributed by atoms with Crippen LogP contribution in [0.15, 0.2) is 48.5 Å². The Morgan fingerprint density at radius 2 is 1.95 bits per heavy atom. The van der Waals surface area contributed by atoms with E-state index in [1.54, 1.807) is 30.3 Å². The zero-order valence-corrected chi connectivity index (χ0v) is 10.7. The van der Waals surface area contributed by atoms with E-state index in [1.165, 1.54) is 22.8 Å². The molecule has 0 atom stereocenters. The minimum Gasteiger partial charge on any atom is -0.477 e. The molecule has 0 aliphatic carbocycles. The first kappa shape index (κ1) is 12.9. The van der Waals surface area contributed by atoms with E-state index >= 15 is 0 Å². The summed E-state index contributed by atoms with van der Waals surface area (Å²) in [6.45, 7) is 0. The Balaban J connectivity index is 2.49. The van der Waals surface area contributed by atoms with Crippen LogP contribution in [-0.2, 0) is 0 Å². The van der Waals surface area contributed by atoms with Gasteiger partial charge in [-0.1, -0.05) is 24.3 Å². The van der Waals surface area contributed by atoms with Gasteiger partial charge in [-0.05, 0) is 24.3 Å². The summed E-state index contributed by atoms with van der Waals surface area (Å²) in [6, 6.07) is 14.4. The molecule has 21 heavy (non-hydrogen) atoms. The number of carboxylic acids is 1. The first-order valence-electron chi connectivity index (χ1n) is 6.16. The number of aromatic nitrogens is 1. The minimum absolute atomic E-state index is 0.0716. The molecule has 4 nitrogen and oxygen atoms in total. The molecule has 0 saturated carbocycles. The highest BCUT2D eigenvalue weighted by Gasteiger charge is 2.23. The van der Waals surface area contributed by atoms with Crippen LogP contribution in [0.25, 0.3) is 16.6 Å². The minimum atomic E-state index is -1.23. The van der Waals surface area contributed by atoms with Crippen LogP contribution in [0.2, 0.25) is 0 Å². The highest BCUT2D eigenvalue weighted by molar-refractivity contribution is 6.01. The Labute approximate surface area is 119 Å². The van der Waals surface area contributed by atoms with Crippen LogP contribution in [0.4, 0.5) is 4.39 Å². The number of nitrogens with zero attached hydrogens (tertiary/aromatic N) is 2. The smallest absolute Gasteiger partial charge is 0.354 e. The molecule has 102 valence electrons. The van der Waals surface area contributed by atoms with Gasteiger partial charge in [-0.15, -0.1) is 0 Å². The lowest BCUT2D eigenvalue weighted by atomic mass is 10.1. The lowest BCUT2D eigenvalue weighted by molar-refractivity contribution is 0.0688. The van der Waals surface area contributed by atoms with E-state index < -0.39 is 11.8 Å². The fourth-order valence-corrected chi connectivity index (χ4v) is 2.44. The Morgan fingerprint density at radius 1 is 1.19 bits per heavy atom. The van der Waals surface area contributed by atoms with E-state index in [4.69, 9.17) is 0 Å². The number of aromatic carboxylic acids is 1. The molecule has 1 N–H and O–H groups in total. The van der Waals surface area contributed by atoms with Crippen LogP contribution < -0.4 is 0 Å². The van der Waals surface area contributed by atoms with Gasteiger partial charge in [-0.2, -0.15) is 5.26 Å². The predicted octanol–water partition coefficient (Wildman–Crippen LogP) is 3.34. The van der Waals surface area contributed by atoms with Gasteiger partial charge < -0.3 is 9.67 Å². The molecule has 1 aromatic heterocycles. The van der Waals surface area contributed by atoms with Crippen LogP contribution >= 0.6 is 0 Å². The van der Waals surface area contributed by atoms with Crippen LogP contribution in [0.1, 0.15) is 16.1 Å². The summed E-state index contributed by atoms with van der Waals surface area (Å²) >= 11 is 0. The van der Waals surface area contributed by atoms with Crippen molar-refractivity contribution < 1.29 is 14.3 Å². The molecule has 2 aromatic carbocycles. The predicted molar refractivity (Wildman–Crippen MR) is 74.9 cm³/mol. The maximum absolute atomic E-state index is 13.4. The highest BCUT2D eigenvalue weighted by atomic mass is 19.1. The molecule has 0 spiro atoms. The molecule has 0 bridgehead atoms. The molecule has 5 heteroatoms. The molecule has 1 heterocycles. The number of benzene rings is 2. The average molecular weight is 280 g/mol. The van der Waals surface area contributed by atoms with Gasteiger partial charge in [0.25, 0.3) is 0 Å². The van der Waals surface area contributed by atoms with Crippen molar-refractivity contribution >= 4 is 16.9 Å². The molecule has 0 radical (unpaired) electrons. The largest absolute Gasteiger partial charge is 0.477 e. The zero-order valence-electron chi connectivity index (χ0n) is 10.7. The fraction of sp³-hybridized carbons (Fsp3) is 0. The van der Waals surface area contributed by atoms with Gasteiger partial charge in [0.15, 0.2) is 5.69 Å². The van der Waals surface area contributed by atoms with E-state index in [0.717, 1.165) is 0 Å². The molecular formula is C16H9FN2O2. The lowest BCUT2D eigenvalue weighted by Crippen LogP contribution is -2.08. The first-order valence-corrected chi connectivity index (χ1v) is 6.16. The van der Waals surface area contributed by atoms with Gasteiger partial charge in [0.1, 0.15) is 11.9 Å². The molecule has 0 aliphatic rings. The van der Waals surface area contributed by atoms with Crippen molar-refractivity contribution in [2.75, 3.05) is 0 Å². The molecule has 0 saturated heterocycles. The molecule has 0 aliphatic heterocycles. The Bertz CT molecular complexity index is 906. The molecule has 0 amide bonds. The van der Waals surface area contributed by atoms with E-state index in [1.807, 2.05) is 6.07 Å². The third kappa shape index (κ3) is 1.94. The van der Waals surface area contributed by atoms with Crippen molar-refractivity contribution in [2.45, 2.75) is 0 Å². The summed E-state index contributed by atoms with van der Waals surface area (Å²) in [7, 11) is 0. The standard InChI is InChI=1S/C16H9FN2O2/c17-10-4-3-5-11(8-10)19-14-7-2-1-6-12(14)13(9-18)15(19)16(20)21/h1-8H,(H,20,21). The van der Waals surface area contributed by atoms with E-state index in [9.17, 15) is 19.6 Å². The van der Waals surface area contributed by atoms with Gasteiger partial charge in [0.05, 0.1) is 11.1 Å². The van der Waals surface area contributed by atoms with Crippen molar-refractivity contribution in [1.29, 1.82) is 5.26 Å². The number of nitriles is 1. The second-order valence-electron chi connectivity index (χ2n) is 4.47. The van der Waals surface area contributed by atoms with Crippen molar-refractivity contribution in [2.24, 2.45) is 0 Å². The monoisotopic (exact) mass is 280 g/mol. The van der Waals surface area contributed by atoms with Crippen LogP contribution in [0, 0.1) is 17.1 Å². The Kier molecular flexibility index (Phi) is 2.92. The van der Waals surface area contributed by atoms with Crippen molar-refractivity contribution in [3.05, 3.63) is 65.6 Å². The van der Waals surface area contributed by atoms with E-state index in [2.05, 4.69) is 0 Å². The van der Waals surface area contributed by atoms with Crippen LogP contribution in [0.3, 0.4) is 0 Å². The Morgan fingerprint density at radius 3 is 2.62 bits per heavy atom. The van der Waals surface area contributed by atoms with E-state index in [0.29, 0.717) is 16.6 Å². The second kappa shape index (κ2) is 4.76. The van der Waals surface area contributed by atoms with Crippen LogP contribution in [0.5, 0.6) is 0 Å². The summed E-state index contributed by atoms with van der Waals surface area (Å²) < 4.78 is 14.8. The molecule has 3 aromatic rings. The molecule has 3 rings (SSSR count). The van der Waals surface area contributed by atoms with Gasteiger partial charge in [-0.25, -0.2) is 9.18 Å². The second-order valence-corrected chi connectivity index (χ2v) is 4.47. The summed E-state index contributed by atoms with van der Waals surface area (Å²) in [6.07, 6.45) is 0. The summed E-state index contributed by atoms with van der Waals surface area (Å²) in [5.41, 5.74) is 0.828.